The van der Waals surface area contributed by atoms with Gasteiger partial charge < -0.3 is 14.5 Å². The second-order valence-corrected chi connectivity index (χ2v) is 8.62. The Morgan fingerprint density at radius 2 is 1.72 bits per heavy atom. The van der Waals surface area contributed by atoms with Crippen molar-refractivity contribution >= 4 is 16.5 Å². The van der Waals surface area contributed by atoms with Gasteiger partial charge in [-0.05, 0) is 84.8 Å². The number of nitrogens with zero attached hydrogens (tertiary/aromatic N) is 1. The summed E-state index contributed by atoms with van der Waals surface area (Å²) in [6.45, 7) is 6.42. The lowest BCUT2D eigenvalue weighted by atomic mass is 9.95. The molecule has 2 aliphatic heterocycles. The first-order chi connectivity index (χ1) is 15.7. The molecule has 166 valence electrons. The zero-order valence-corrected chi connectivity index (χ0v) is 18.7. The molecule has 3 aromatic rings. The minimum Gasteiger partial charge on any atom is -0.486 e. The van der Waals surface area contributed by atoms with Crippen LogP contribution in [-0.2, 0) is 6.42 Å². The van der Waals surface area contributed by atoms with Gasteiger partial charge in [0.15, 0.2) is 11.5 Å². The number of nitrogens with one attached hydrogen (secondary N) is 1. The van der Waals surface area contributed by atoms with Gasteiger partial charge in [-0.15, -0.1) is 0 Å². The molecule has 2 aromatic carbocycles. The van der Waals surface area contributed by atoms with Crippen LogP contribution in [0, 0.1) is 0 Å². The van der Waals surface area contributed by atoms with Gasteiger partial charge in [-0.25, -0.2) is 0 Å². The van der Waals surface area contributed by atoms with Crippen molar-refractivity contribution < 1.29 is 9.47 Å². The lowest BCUT2D eigenvalue weighted by Gasteiger charge is -2.25. The summed E-state index contributed by atoms with van der Waals surface area (Å²) >= 11 is 0. The number of aryl methyl sites for hydroxylation is 1. The molecule has 0 saturated carbocycles. The van der Waals surface area contributed by atoms with Gasteiger partial charge in [0.25, 0.3) is 5.56 Å². The molecule has 3 heterocycles. The van der Waals surface area contributed by atoms with E-state index in [1.807, 2.05) is 25.1 Å². The first-order valence-electron chi connectivity index (χ1n) is 11.7. The number of aromatic nitrogens is 1. The Hall–Kier alpha value is -3.05. The smallest absolute Gasteiger partial charge is 0.251 e. The molecule has 32 heavy (non-hydrogen) atoms. The van der Waals surface area contributed by atoms with E-state index in [2.05, 4.69) is 40.2 Å². The van der Waals surface area contributed by atoms with Crippen LogP contribution in [0.3, 0.4) is 0 Å². The largest absolute Gasteiger partial charge is 0.486 e. The number of fused-ring (bicyclic) bond motifs is 2. The molecule has 0 spiro atoms. The van der Waals surface area contributed by atoms with Crippen LogP contribution in [-0.4, -0.2) is 42.7 Å². The number of piperidine rings is 1. The van der Waals surface area contributed by atoms with E-state index in [4.69, 9.17) is 9.47 Å². The van der Waals surface area contributed by atoms with Crippen LogP contribution >= 0.6 is 0 Å². The maximum atomic E-state index is 12.2. The lowest BCUT2D eigenvalue weighted by Crippen LogP contribution is -2.29. The normalized spacial score (nSPS) is 17.0. The van der Waals surface area contributed by atoms with Crippen LogP contribution in [0.15, 0.2) is 53.3 Å². The Bertz CT molecular complexity index is 1210. The van der Waals surface area contributed by atoms with Gasteiger partial charge in [0.2, 0.25) is 0 Å². The Morgan fingerprint density at radius 1 is 0.969 bits per heavy atom. The quantitative estimate of drug-likeness (QED) is 0.633. The fourth-order valence-electron chi connectivity index (χ4n) is 4.66. The summed E-state index contributed by atoms with van der Waals surface area (Å²) in [4.78, 5) is 17.8. The Kier molecular flexibility index (Phi) is 5.99. The molecule has 0 aliphatic carbocycles. The van der Waals surface area contributed by atoms with E-state index in [1.165, 1.54) is 24.8 Å². The van der Waals surface area contributed by atoms with Crippen LogP contribution in [0.4, 0.5) is 0 Å². The van der Waals surface area contributed by atoms with Crippen LogP contribution < -0.4 is 15.0 Å². The SMILES string of the molecule is CCc1cc2cc(C(=CCN3CCCCC3)c3ccc4c(c3)OCCO4)ccc2[nH]c1=O. The van der Waals surface area contributed by atoms with Gasteiger partial charge in [-0.2, -0.15) is 0 Å². The van der Waals surface area contributed by atoms with Crippen molar-refractivity contribution in [2.75, 3.05) is 32.8 Å². The van der Waals surface area contributed by atoms with Crippen molar-refractivity contribution in [3.8, 4) is 11.5 Å². The van der Waals surface area contributed by atoms with E-state index < -0.39 is 0 Å². The topological polar surface area (TPSA) is 54.6 Å². The molecule has 1 saturated heterocycles. The van der Waals surface area contributed by atoms with E-state index >= 15 is 0 Å². The average molecular weight is 431 g/mol. The highest BCUT2D eigenvalue weighted by molar-refractivity contribution is 5.88. The molecule has 0 radical (unpaired) electrons. The number of likely N-dealkylation sites (tertiary alicyclic amines) is 1. The summed E-state index contributed by atoms with van der Waals surface area (Å²) in [5.74, 6) is 1.61. The molecule has 0 amide bonds. The molecule has 1 fully saturated rings. The number of benzene rings is 2. The highest BCUT2D eigenvalue weighted by Gasteiger charge is 2.16. The van der Waals surface area contributed by atoms with Crippen molar-refractivity contribution in [1.29, 1.82) is 0 Å². The third kappa shape index (κ3) is 4.30. The lowest BCUT2D eigenvalue weighted by molar-refractivity contribution is 0.171. The van der Waals surface area contributed by atoms with Crippen LogP contribution in [0.1, 0.15) is 42.9 Å². The van der Waals surface area contributed by atoms with E-state index in [0.29, 0.717) is 13.2 Å². The Labute approximate surface area is 188 Å². The van der Waals surface area contributed by atoms with Gasteiger partial charge in [0.1, 0.15) is 13.2 Å². The van der Waals surface area contributed by atoms with Crippen molar-refractivity contribution in [2.45, 2.75) is 32.6 Å². The second-order valence-electron chi connectivity index (χ2n) is 8.62. The van der Waals surface area contributed by atoms with Gasteiger partial charge in [-0.1, -0.05) is 31.6 Å². The zero-order valence-electron chi connectivity index (χ0n) is 18.7. The number of hydrogen-bond donors (Lipinski definition) is 1. The van der Waals surface area contributed by atoms with Crippen LogP contribution in [0.2, 0.25) is 0 Å². The highest BCUT2D eigenvalue weighted by Crippen LogP contribution is 2.35. The maximum absolute atomic E-state index is 12.2. The summed E-state index contributed by atoms with van der Waals surface area (Å²) < 4.78 is 11.6. The van der Waals surface area contributed by atoms with E-state index in [1.54, 1.807) is 0 Å². The summed E-state index contributed by atoms with van der Waals surface area (Å²) in [6, 6.07) is 14.5. The molecule has 5 nitrogen and oxygen atoms in total. The third-order valence-corrected chi connectivity index (χ3v) is 6.47. The average Bonchev–Trinajstić information content (AvgIpc) is 2.84. The predicted octanol–water partition coefficient (Wildman–Crippen LogP) is 4.78. The number of aromatic amines is 1. The predicted molar refractivity (Wildman–Crippen MR) is 129 cm³/mol. The van der Waals surface area contributed by atoms with Crippen molar-refractivity contribution in [3.63, 3.8) is 0 Å². The highest BCUT2D eigenvalue weighted by atomic mass is 16.6. The maximum Gasteiger partial charge on any atom is 0.251 e. The molecule has 5 rings (SSSR count). The van der Waals surface area contributed by atoms with Crippen LogP contribution in [0.25, 0.3) is 16.5 Å². The van der Waals surface area contributed by atoms with Crippen molar-refractivity contribution in [3.05, 3.63) is 75.6 Å². The fraction of sp³-hybridized carbons (Fsp3) is 0.370. The zero-order chi connectivity index (χ0) is 21.9. The standard InChI is InChI=1S/C27H30N2O3/c1-2-19-16-22-17-20(6-8-24(22)28-27(19)30)23(10-13-29-11-4-3-5-12-29)21-7-9-25-26(18-21)32-15-14-31-25/h6-10,16-18H,2-5,11-15H2,1H3,(H,28,30). The molecule has 0 unspecified atom stereocenters. The van der Waals surface area contributed by atoms with Gasteiger partial charge in [-0.3, -0.25) is 9.69 Å². The molecule has 0 bridgehead atoms. The Morgan fingerprint density at radius 3 is 2.53 bits per heavy atom. The van der Waals surface area contributed by atoms with Gasteiger partial charge in [0.05, 0.1) is 0 Å². The molecule has 0 atom stereocenters. The molecular formula is C27H30N2O3. The summed E-state index contributed by atoms with van der Waals surface area (Å²) in [6.07, 6.45) is 6.93. The van der Waals surface area contributed by atoms with Gasteiger partial charge >= 0.3 is 0 Å². The second kappa shape index (κ2) is 9.21. The number of ether oxygens (including phenoxy) is 2. The van der Waals surface area contributed by atoms with Gasteiger partial charge in [0, 0.05) is 17.6 Å². The summed E-state index contributed by atoms with van der Waals surface area (Å²) in [5.41, 5.74) is 5.12. The minimum atomic E-state index is 0.000417. The number of rotatable bonds is 5. The molecule has 5 heteroatoms. The summed E-state index contributed by atoms with van der Waals surface area (Å²) in [7, 11) is 0. The number of pyridine rings is 1. The molecule has 2 aliphatic rings. The minimum absolute atomic E-state index is 0.000417. The summed E-state index contributed by atoms with van der Waals surface area (Å²) in [5, 5.41) is 1.06. The van der Waals surface area contributed by atoms with Crippen molar-refractivity contribution in [2.24, 2.45) is 0 Å². The fourth-order valence-corrected chi connectivity index (χ4v) is 4.66. The number of H-pyrrole nitrogens is 1. The van der Waals surface area contributed by atoms with Crippen molar-refractivity contribution in [1.82, 2.24) is 9.88 Å². The first kappa shape index (κ1) is 20.8. The first-order valence-corrected chi connectivity index (χ1v) is 11.7. The number of hydrogen-bond acceptors (Lipinski definition) is 4. The Balaban J connectivity index is 1.57. The van der Waals surface area contributed by atoms with E-state index in [-0.39, 0.29) is 5.56 Å². The third-order valence-electron chi connectivity index (χ3n) is 6.47. The monoisotopic (exact) mass is 430 g/mol. The molecule has 1 N–H and O–H groups in total. The molecular weight excluding hydrogens is 400 g/mol. The van der Waals surface area contributed by atoms with E-state index in [0.717, 1.165) is 65.1 Å². The van der Waals surface area contributed by atoms with Crippen LogP contribution in [0.5, 0.6) is 11.5 Å². The van der Waals surface area contributed by atoms with E-state index in [9.17, 15) is 4.79 Å². The molecule has 1 aromatic heterocycles.